The molecule has 0 aromatic heterocycles. The van der Waals surface area contributed by atoms with Crippen molar-refractivity contribution in [1.29, 1.82) is 0 Å². The first kappa shape index (κ1) is 15.3. The van der Waals surface area contributed by atoms with Crippen LogP contribution in [0.2, 0.25) is 0 Å². The van der Waals surface area contributed by atoms with E-state index >= 15 is 0 Å². The summed E-state index contributed by atoms with van der Waals surface area (Å²) in [5, 5.41) is 0. The van der Waals surface area contributed by atoms with Crippen molar-refractivity contribution in [3.63, 3.8) is 0 Å². The molecule has 0 aromatic carbocycles. The van der Waals surface area contributed by atoms with Gasteiger partial charge in [0.05, 0.1) is 19.4 Å². The minimum absolute atomic E-state index is 0.00359. The Labute approximate surface area is 120 Å². The molecule has 2 aliphatic rings. The van der Waals surface area contributed by atoms with Crippen molar-refractivity contribution in [3.05, 3.63) is 0 Å². The molecule has 0 N–H and O–H groups in total. The van der Waals surface area contributed by atoms with Gasteiger partial charge < -0.3 is 19.3 Å². The monoisotopic (exact) mass is 284 g/mol. The average Bonchev–Trinajstić information content (AvgIpc) is 2.85. The third-order valence-electron chi connectivity index (χ3n) is 4.21. The van der Waals surface area contributed by atoms with Crippen LogP contribution in [0.3, 0.4) is 0 Å². The number of ether oxygens (including phenoxy) is 2. The van der Waals surface area contributed by atoms with Gasteiger partial charge in [-0.3, -0.25) is 9.59 Å². The fourth-order valence-corrected chi connectivity index (χ4v) is 2.98. The summed E-state index contributed by atoms with van der Waals surface area (Å²) in [6.07, 6.45) is 3.91. The highest BCUT2D eigenvalue weighted by Crippen LogP contribution is 2.28. The summed E-state index contributed by atoms with van der Waals surface area (Å²) in [4.78, 5) is 27.7. The fourth-order valence-electron chi connectivity index (χ4n) is 2.98. The normalized spacial score (nSPS) is 27.2. The molecule has 2 fully saturated rings. The van der Waals surface area contributed by atoms with Crippen LogP contribution in [0.15, 0.2) is 0 Å². The molecule has 1 aliphatic heterocycles. The number of carbonyl (C=O) groups is 2. The lowest BCUT2D eigenvalue weighted by Gasteiger charge is -2.30. The maximum absolute atomic E-state index is 12.5. The van der Waals surface area contributed by atoms with E-state index in [4.69, 9.17) is 9.47 Å². The topological polar surface area (TPSA) is 59.1 Å². The summed E-state index contributed by atoms with van der Waals surface area (Å²) in [7, 11) is 3.31. The van der Waals surface area contributed by atoms with Crippen LogP contribution in [0.5, 0.6) is 0 Å². The molecule has 20 heavy (non-hydrogen) atoms. The summed E-state index contributed by atoms with van der Waals surface area (Å²) in [6, 6.07) is 0. The molecule has 0 bridgehead atoms. The van der Waals surface area contributed by atoms with E-state index in [1.54, 1.807) is 24.0 Å². The van der Waals surface area contributed by atoms with Crippen LogP contribution >= 0.6 is 0 Å². The highest BCUT2D eigenvalue weighted by Gasteiger charge is 2.36. The van der Waals surface area contributed by atoms with E-state index < -0.39 is 0 Å². The zero-order valence-electron chi connectivity index (χ0n) is 12.3. The Morgan fingerprint density at radius 2 is 2.15 bits per heavy atom. The molecule has 1 aliphatic carbocycles. The summed E-state index contributed by atoms with van der Waals surface area (Å²) >= 11 is 0. The molecule has 1 saturated heterocycles. The number of hydrogen-bond donors (Lipinski definition) is 0. The summed E-state index contributed by atoms with van der Waals surface area (Å²) in [6.45, 7) is 1.65. The third-order valence-corrected chi connectivity index (χ3v) is 4.21. The predicted molar refractivity (Wildman–Crippen MR) is 72.9 cm³/mol. The molecule has 2 rings (SSSR count). The van der Waals surface area contributed by atoms with Crippen molar-refractivity contribution in [2.24, 2.45) is 5.92 Å². The zero-order valence-corrected chi connectivity index (χ0v) is 12.3. The molecule has 1 saturated carbocycles. The number of nitrogens with zero attached hydrogens (tertiary/aromatic N) is 2. The van der Waals surface area contributed by atoms with Gasteiger partial charge in [0.25, 0.3) is 0 Å². The predicted octanol–water partition coefficient (Wildman–Crippen LogP) is 0.466. The Hall–Kier alpha value is -1.14. The minimum Gasteiger partial charge on any atom is -0.383 e. The second-order valence-corrected chi connectivity index (χ2v) is 5.55. The van der Waals surface area contributed by atoms with Gasteiger partial charge in [-0.1, -0.05) is 6.42 Å². The van der Waals surface area contributed by atoms with E-state index in [-0.39, 0.29) is 30.4 Å². The van der Waals surface area contributed by atoms with Gasteiger partial charge in [-0.25, -0.2) is 0 Å². The average molecular weight is 284 g/mol. The highest BCUT2D eigenvalue weighted by molar-refractivity contribution is 5.88. The standard InChI is InChI=1S/C14H24N2O4/c1-19-7-6-15-10-16(9-13(15)17)14(18)11-4-3-5-12(8-11)20-2/h11-12H,3-10H2,1-2H3. The van der Waals surface area contributed by atoms with E-state index in [0.29, 0.717) is 19.8 Å². The van der Waals surface area contributed by atoms with Crippen molar-refractivity contribution < 1.29 is 19.1 Å². The SMILES string of the molecule is COCCN1CN(C(=O)C2CCCC(OC)C2)CC1=O. The number of amides is 2. The van der Waals surface area contributed by atoms with Crippen LogP contribution in [0.1, 0.15) is 25.7 Å². The van der Waals surface area contributed by atoms with Crippen LogP contribution in [-0.4, -0.2) is 68.3 Å². The molecule has 0 radical (unpaired) electrons. The number of carbonyl (C=O) groups excluding carboxylic acids is 2. The molecule has 114 valence electrons. The number of rotatable bonds is 5. The Balaban J connectivity index is 1.88. The summed E-state index contributed by atoms with van der Waals surface area (Å²) < 4.78 is 10.3. The quantitative estimate of drug-likeness (QED) is 0.736. The lowest BCUT2D eigenvalue weighted by atomic mass is 9.86. The molecule has 0 aromatic rings. The van der Waals surface area contributed by atoms with Gasteiger partial charge >= 0.3 is 0 Å². The van der Waals surface area contributed by atoms with E-state index in [1.165, 1.54) is 0 Å². The van der Waals surface area contributed by atoms with Crippen molar-refractivity contribution in [2.75, 3.05) is 40.6 Å². The van der Waals surface area contributed by atoms with Crippen LogP contribution in [0, 0.1) is 5.92 Å². The van der Waals surface area contributed by atoms with Gasteiger partial charge in [0.2, 0.25) is 11.8 Å². The summed E-state index contributed by atoms with van der Waals surface area (Å²) in [5.74, 6) is 0.110. The largest absolute Gasteiger partial charge is 0.383 e. The van der Waals surface area contributed by atoms with E-state index in [0.717, 1.165) is 25.7 Å². The van der Waals surface area contributed by atoms with Gasteiger partial charge in [0, 0.05) is 26.7 Å². The van der Waals surface area contributed by atoms with Gasteiger partial charge in [0.1, 0.15) is 6.54 Å². The maximum atomic E-state index is 12.5. The Morgan fingerprint density at radius 1 is 1.35 bits per heavy atom. The Bertz CT molecular complexity index is 361. The molecule has 1 heterocycles. The second-order valence-electron chi connectivity index (χ2n) is 5.55. The van der Waals surface area contributed by atoms with Crippen LogP contribution in [0.25, 0.3) is 0 Å². The van der Waals surface area contributed by atoms with E-state index in [1.807, 2.05) is 0 Å². The van der Waals surface area contributed by atoms with Crippen LogP contribution in [0.4, 0.5) is 0 Å². The van der Waals surface area contributed by atoms with Gasteiger partial charge in [-0.05, 0) is 19.3 Å². The first-order chi connectivity index (χ1) is 9.65. The molecule has 0 spiro atoms. The van der Waals surface area contributed by atoms with Gasteiger partial charge in [-0.15, -0.1) is 0 Å². The molecular formula is C14H24N2O4. The lowest BCUT2D eigenvalue weighted by molar-refractivity contribution is -0.138. The molecule has 2 unspecified atom stereocenters. The molecule has 2 atom stereocenters. The van der Waals surface area contributed by atoms with Gasteiger partial charge in [-0.2, -0.15) is 0 Å². The van der Waals surface area contributed by atoms with Gasteiger partial charge in [0.15, 0.2) is 0 Å². The van der Waals surface area contributed by atoms with Crippen molar-refractivity contribution in [1.82, 2.24) is 9.80 Å². The number of hydrogen-bond acceptors (Lipinski definition) is 4. The number of methoxy groups -OCH3 is 2. The molecule has 6 heteroatoms. The van der Waals surface area contributed by atoms with Crippen LogP contribution in [-0.2, 0) is 19.1 Å². The lowest BCUT2D eigenvalue weighted by Crippen LogP contribution is -2.39. The fraction of sp³-hybridized carbons (Fsp3) is 0.857. The van der Waals surface area contributed by atoms with Crippen molar-refractivity contribution in [3.8, 4) is 0 Å². The Morgan fingerprint density at radius 3 is 2.85 bits per heavy atom. The summed E-state index contributed by atoms with van der Waals surface area (Å²) in [5.41, 5.74) is 0. The Kier molecular flexibility index (Phi) is 5.37. The van der Waals surface area contributed by atoms with Crippen LogP contribution < -0.4 is 0 Å². The molecule has 6 nitrogen and oxygen atoms in total. The first-order valence-corrected chi connectivity index (χ1v) is 7.24. The zero-order chi connectivity index (χ0) is 14.5. The molecular weight excluding hydrogens is 260 g/mol. The maximum Gasteiger partial charge on any atom is 0.243 e. The second kappa shape index (κ2) is 7.04. The highest BCUT2D eigenvalue weighted by atomic mass is 16.5. The van der Waals surface area contributed by atoms with E-state index in [2.05, 4.69) is 0 Å². The smallest absolute Gasteiger partial charge is 0.243 e. The van der Waals surface area contributed by atoms with E-state index in [9.17, 15) is 9.59 Å². The minimum atomic E-state index is 0.00359. The molecule has 2 amide bonds. The third kappa shape index (κ3) is 3.49. The van der Waals surface area contributed by atoms with Crippen molar-refractivity contribution >= 4 is 11.8 Å². The van der Waals surface area contributed by atoms with Crippen molar-refractivity contribution in [2.45, 2.75) is 31.8 Å². The first-order valence-electron chi connectivity index (χ1n) is 7.24.